The molecule has 68 valence electrons. The third-order valence-electron chi connectivity index (χ3n) is 2.37. The van der Waals surface area contributed by atoms with Crippen LogP contribution in [0.5, 0.6) is 0 Å². The van der Waals surface area contributed by atoms with Gasteiger partial charge in [-0.2, -0.15) is 5.26 Å². The average Bonchev–Trinajstić information content (AvgIpc) is 2.55. The van der Waals surface area contributed by atoms with Crippen LogP contribution in [0.2, 0.25) is 0 Å². The number of aldehydes is 1. The van der Waals surface area contributed by atoms with E-state index in [0.29, 0.717) is 11.3 Å². The highest BCUT2D eigenvalue weighted by molar-refractivity contribution is 5.94. The molecule has 2 aromatic rings. The first-order valence-corrected chi connectivity index (χ1v) is 4.24. The minimum Gasteiger partial charge on any atom is -0.351 e. The van der Waals surface area contributed by atoms with Crippen LogP contribution >= 0.6 is 0 Å². The quantitative estimate of drug-likeness (QED) is 0.690. The summed E-state index contributed by atoms with van der Waals surface area (Å²) in [6.45, 7) is 1.86. The van der Waals surface area contributed by atoms with Crippen molar-refractivity contribution >= 4 is 17.2 Å². The van der Waals surface area contributed by atoms with Crippen molar-refractivity contribution in [3.8, 4) is 6.07 Å². The number of nitrogens with one attached hydrogen (secondary N) is 1. The molecule has 0 bridgehead atoms. The Morgan fingerprint density at radius 2 is 2.29 bits per heavy atom. The third kappa shape index (κ3) is 1.01. The summed E-state index contributed by atoms with van der Waals surface area (Å²) in [4.78, 5) is 13.6. The number of para-hydroxylation sites is 1. The standard InChI is InChI=1S/C11H8N2O/c1-7-9-4-2-3-8(5-12)11(9)13-10(7)6-14/h2-4,6,13H,1H3. The van der Waals surface area contributed by atoms with Gasteiger partial charge < -0.3 is 4.98 Å². The second-order valence-corrected chi connectivity index (χ2v) is 3.12. The van der Waals surface area contributed by atoms with Gasteiger partial charge in [0.1, 0.15) is 6.07 Å². The minimum atomic E-state index is 0.544. The fourth-order valence-corrected chi connectivity index (χ4v) is 1.58. The summed E-state index contributed by atoms with van der Waals surface area (Å²) in [5.41, 5.74) is 2.75. The van der Waals surface area contributed by atoms with Gasteiger partial charge in [-0.3, -0.25) is 4.79 Å². The molecular formula is C11H8N2O. The van der Waals surface area contributed by atoms with E-state index in [1.54, 1.807) is 6.07 Å². The van der Waals surface area contributed by atoms with E-state index in [1.807, 2.05) is 19.1 Å². The van der Waals surface area contributed by atoms with Crippen molar-refractivity contribution in [2.75, 3.05) is 0 Å². The highest BCUT2D eigenvalue weighted by Crippen LogP contribution is 2.23. The number of aromatic amines is 1. The molecule has 0 fully saturated rings. The molecule has 14 heavy (non-hydrogen) atoms. The number of nitriles is 1. The van der Waals surface area contributed by atoms with Gasteiger partial charge in [0.25, 0.3) is 0 Å². The Balaban J connectivity index is 2.92. The van der Waals surface area contributed by atoms with Crippen molar-refractivity contribution in [3.05, 3.63) is 35.0 Å². The molecule has 1 N–H and O–H groups in total. The van der Waals surface area contributed by atoms with E-state index in [0.717, 1.165) is 22.8 Å². The molecule has 0 aliphatic heterocycles. The summed E-state index contributed by atoms with van der Waals surface area (Å²) in [7, 11) is 0. The molecule has 0 saturated carbocycles. The van der Waals surface area contributed by atoms with Crippen molar-refractivity contribution < 1.29 is 4.79 Å². The lowest BCUT2D eigenvalue weighted by molar-refractivity contribution is 0.111. The van der Waals surface area contributed by atoms with Crippen molar-refractivity contribution in [1.29, 1.82) is 5.26 Å². The largest absolute Gasteiger partial charge is 0.351 e. The van der Waals surface area contributed by atoms with Crippen LogP contribution in [0.25, 0.3) is 10.9 Å². The summed E-state index contributed by atoms with van der Waals surface area (Å²) >= 11 is 0. The van der Waals surface area contributed by atoms with Gasteiger partial charge in [-0.1, -0.05) is 12.1 Å². The smallest absolute Gasteiger partial charge is 0.166 e. The van der Waals surface area contributed by atoms with Gasteiger partial charge in [-0.25, -0.2) is 0 Å². The normalized spacial score (nSPS) is 10.0. The van der Waals surface area contributed by atoms with E-state index < -0.39 is 0 Å². The number of benzene rings is 1. The highest BCUT2D eigenvalue weighted by Gasteiger charge is 2.08. The summed E-state index contributed by atoms with van der Waals surface area (Å²) < 4.78 is 0. The molecule has 2 rings (SSSR count). The number of carbonyl (C=O) groups excluding carboxylic acids is 1. The van der Waals surface area contributed by atoms with Crippen molar-refractivity contribution in [1.82, 2.24) is 4.98 Å². The molecule has 1 heterocycles. The monoisotopic (exact) mass is 184 g/mol. The Morgan fingerprint density at radius 3 is 2.93 bits per heavy atom. The first kappa shape index (κ1) is 8.52. The lowest BCUT2D eigenvalue weighted by Crippen LogP contribution is -1.80. The summed E-state index contributed by atoms with van der Waals surface area (Å²) in [6.07, 6.45) is 0.774. The van der Waals surface area contributed by atoms with Gasteiger partial charge in [0.05, 0.1) is 16.8 Å². The Kier molecular flexibility index (Phi) is 1.83. The molecule has 0 unspecified atom stereocenters. The zero-order valence-corrected chi connectivity index (χ0v) is 7.66. The van der Waals surface area contributed by atoms with Gasteiger partial charge >= 0.3 is 0 Å². The minimum absolute atomic E-state index is 0.544. The molecule has 0 spiro atoms. The maximum atomic E-state index is 10.7. The number of hydrogen-bond acceptors (Lipinski definition) is 2. The molecule has 1 aromatic carbocycles. The molecule has 0 atom stereocenters. The van der Waals surface area contributed by atoms with Gasteiger partial charge in [0.15, 0.2) is 6.29 Å². The van der Waals surface area contributed by atoms with E-state index in [1.165, 1.54) is 0 Å². The molecule has 0 saturated heterocycles. The maximum absolute atomic E-state index is 10.7. The predicted octanol–water partition coefficient (Wildman–Crippen LogP) is 2.16. The van der Waals surface area contributed by atoms with E-state index in [-0.39, 0.29) is 0 Å². The molecule has 0 aliphatic rings. The van der Waals surface area contributed by atoms with Gasteiger partial charge in [0.2, 0.25) is 0 Å². The number of aryl methyl sites for hydroxylation is 1. The summed E-state index contributed by atoms with van der Waals surface area (Å²) in [5.74, 6) is 0. The van der Waals surface area contributed by atoms with Crippen LogP contribution in [-0.4, -0.2) is 11.3 Å². The molecule has 3 nitrogen and oxygen atoms in total. The molecule has 0 aliphatic carbocycles. The van der Waals surface area contributed by atoms with Crippen LogP contribution in [0.3, 0.4) is 0 Å². The van der Waals surface area contributed by atoms with E-state index in [9.17, 15) is 4.79 Å². The first-order chi connectivity index (χ1) is 6.77. The van der Waals surface area contributed by atoms with Crippen LogP contribution in [0, 0.1) is 18.3 Å². The van der Waals surface area contributed by atoms with Gasteiger partial charge in [-0.05, 0) is 18.6 Å². The Bertz CT molecular complexity index is 546. The van der Waals surface area contributed by atoms with Crippen LogP contribution in [-0.2, 0) is 0 Å². The summed E-state index contributed by atoms with van der Waals surface area (Å²) in [5, 5.41) is 9.79. The van der Waals surface area contributed by atoms with Crippen molar-refractivity contribution in [2.45, 2.75) is 6.92 Å². The van der Waals surface area contributed by atoms with E-state index >= 15 is 0 Å². The van der Waals surface area contributed by atoms with Crippen LogP contribution in [0.4, 0.5) is 0 Å². The van der Waals surface area contributed by atoms with Crippen LogP contribution in [0.1, 0.15) is 21.6 Å². The topological polar surface area (TPSA) is 56.6 Å². The lowest BCUT2D eigenvalue weighted by atomic mass is 10.1. The number of rotatable bonds is 1. The Hall–Kier alpha value is -2.08. The van der Waals surface area contributed by atoms with E-state index in [4.69, 9.17) is 5.26 Å². The number of nitrogens with zero attached hydrogens (tertiary/aromatic N) is 1. The fourth-order valence-electron chi connectivity index (χ4n) is 1.58. The molecule has 0 radical (unpaired) electrons. The molecule has 0 amide bonds. The number of fused-ring (bicyclic) bond motifs is 1. The second-order valence-electron chi connectivity index (χ2n) is 3.12. The van der Waals surface area contributed by atoms with Crippen molar-refractivity contribution in [3.63, 3.8) is 0 Å². The van der Waals surface area contributed by atoms with Gasteiger partial charge in [0, 0.05) is 5.39 Å². The zero-order valence-electron chi connectivity index (χ0n) is 7.66. The average molecular weight is 184 g/mol. The number of aromatic nitrogens is 1. The van der Waals surface area contributed by atoms with Crippen molar-refractivity contribution in [2.24, 2.45) is 0 Å². The van der Waals surface area contributed by atoms with Crippen LogP contribution in [0.15, 0.2) is 18.2 Å². The van der Waals surface area contributed by atoms with Crippen LogP contribution < -0.4 is 0 Å². The fraction of sp³-hybridized carbons (Fsp3) is 0.0909. The molecule has 1 aromatic heterocycles. The number of H-pyrrole nitrogens is 1. The molecule has 3 heteroatoms. The number of carbonyl (C=O) groups is 1. The highest BCUT2D eigenvalue weighted by atomic mass is 16.1. The van der Waals surface area contributed by atoms with Gasteiger partial charge in [-0.15, -0.1) is 0 Å². The molecular weight excluding hydrogens is 176 g/mol. The predicted molar refractivity (Wildman–Crippen MR) is 53.1 cm³/mol. The van der Waals surface area contributed by atoms with E-state index in [2.05, 4.69) is 11.1 Å². The Labute approximate surface area is 81.0 Å². The maximum Gasteiger partial charge on any atom is 0.166 e. The Morgan fingerprint density at radius 1 is 1.50 bits per heavy atom. The summed E-state index contributed by atoms with van der Waals surface area (Å²) in [6, 6.07) is 7.53. The SMILES string of the molecule is Cc1c(C=O)[nH]c2c(C#N)cccc12. The lowest BCUT2D eigenvalue weighted by Gasteiger charge is -1.92. The first-order valence-electron chi connectivity index (χ1n) is 4.24. The number of hydrogen-bond donors (Lipinski definition) is 1. The second kappa shape index (κ2) is 3.00. The third-order valence-corrected chi connectivity index (χ3v) is 2.37. The zero-order chi connectivity index (χ0) is 10.1.